The van der Waals surface area contributed by atoms with Crippen molar-refractivity contribution in [1.29, 1.82) is 0 Å². The number of aliphatic hydroxyl groups is 4. The van der Waals surface area contributed by atoms with Gasteiger partial charge in [-0.2, -0.15) is 0 Å². The van der Waals surface area contributed by atoms with Crippen LogP contribution in [0.25, 0.3) is 0 Å². The standard InChI is InChI=1S/C5H12O4.HO/c6-1-5(2-7,3-8)4-9;/h6-9H,1-4H2;1H. The fourth-order valence-electron chi connectivity index (χ4n) is 0.300. The second-order valence-electron chi connectivity index (χ2n) is 2.13. The summed E-state index contributed by atoms with van der Waals surface area (Å²) in [5, 5.41) is 34.0. The maximum absolute atomic E-state index is 8.50. The lowest BCUT2D eigenvalue weighted by molar-refractivity contribution is -0.0328. The highest BCUT2D eigenvalue weighted by Crippen LogP contribution is 2.11. The maximum atomic E-state index is 8.50. The lowest BCUT2D eigenvalue weighted by Crippen LogP contribution is -2.37. The van der Waals surface area contributed by atoms with Crippen LogP contribution < -0.4 is 0 Å². The molecule has 10 heavy (non-hydrogen) atoms. The topological polar surface area (TPSA) is 111 Å². The minimum atomic E-state index is -1.11. The van der Waals surface area contributed by atoms with Gasteiger partial charge in [0.25, 0.3) is 0 Å². The molecule has 0 saturated heterocycles. The first-order chi connectivity index (χ1) is 4.24. The molecule has 0 bridgehead atoms. The van der Waals surface area contributed by atoms with Gasteiger partial charge in [-0.3, -0.25) is 5.48 Å². The quantitative estimate of drug-likeness (QED) is 0.314. The average molecular weight is 153 g/mol. The first kappa shape index (κ1) is 12.5. The molecule has 0 aromatic carbocycles. The summed E-state index contributed by atoms with van der Waals surface area (Å²) < 4.78 is 0. The third-order valence-corrected chi connectivity index (χ3v) is 1.34. The third kappa shape index (κ3) is 2.59. The van der Waals surface area contributed by atoms with Crippen molar-refractivity contribution in [3.8, 4) is 0 Å². The molecule has 0 aliphatic carbocycles. The third-order valence-electron chi connectivity index (χ3n) is 1.34. The van der Waals surface area contributed by atoms with Crippen molar-refractivity contribution in [2.75, 3.05) is 26.4 Å². The minimum Gasteiger partial charge on any atom is -0.396 e. The molecule has 0 atom stereocenters. The van der Waals surface area contributed by atoms with Crippen LogP contribution in [0, 0.1) is 5.41 Å². The Morgan fingerprint density at radius 2 is 0.900 bits per heavy atom. The molecule has 5 N–H and O–H groups in total. The fraction of sp³-hybridized carbons (Fsp3) is 1.00. The van der Waals surface area contributed by atoms with Crippen molar-refractivity contribution in [3.05, 3.63) is 0 Å². The Morgan fingerprint density at radius 3 is 0.900 bits per heavy atom. The van der Waals surface area contributed by atoms with Crippen molar-refractivity contribution in [1.82, 2.24) is 0 Å². The Balaban J connectivity index is 0. The predicted octanol–water partition coefficient (Wildman–Crippen LogP) is -2.23. The van der Waals surface area contributed by atoms with Crippen LogP contribution >= 0.6 is 0 Å². The van der Waals surface area contributed by atoms with Gasteiger partial charge in [0, 0.05) is 0 Å². The number of hydrogen-bond acceptors (Lipinski definition) is 4. The molecule has 0 saturated carbocycles. The van der Waals surface area contributed by atoms with Gasteiger partial charge in [0.05, 0.1) is 31.8 Å². The monoisotopic (exact) mass is 153 g/mol. The lowest BCUT2D eigenvalue weighted by Gasteiger charge is -2.23. The molecule has 5 nitrogen and oxygen atoms in total. The van der Waals surface area contributed by atoms with E-state index in [-0.39, 0.29) is 5.48 Å². The highest BCUT2D eigenvalue weighted by Gasteiger charge is 2.26. The molecule has 63 valence electrons. The zero-order valence-corrected chi connectivity index (χ0v) is 5.56. The van der Waals surface area contributed by atoms with E-state index < -0.39 is 31.8 Å². The van der Waals surface area contributed by atoms with Crippen LogP contribution in [-0.4, -0.2) is 52.3 Å². The zero-order chi connectivity index (χ0) is 7.33. The van der Waals surface area contributed by atoms with Crippen LogP contribution in [0.5, 0.6) is 0 Å². The number of hydrogen-bond donors (Lipinski definition) is 5. The predicted molar refractivity (Wildman–Crippen MR) is 32.7 cm³/mol. The average Bonchev–Trinajstić information content (AvgIpc) is 1.95. The van der Waals surface area contributed by atoms with Gasteiger partial charge in [-0.15, -0.1) is 0 Å². The summed E-state index contributed by atoms with van der Waals surface area (Å²) in [5.41, 5.74) is -1.11. The lowest BCUT2D eigenvalue weighted by atomic mass is 9.93. The Labute approximate surface area is 58.9 Å². The Hall–Kier alpha value is -0.200. The van der Waals surface area contributed by atoms with Crippen molar-refractivity contribution >= 4 is 0 Å². The van der Waals surface area contributed by atoms with Gasteiger partial charge in [-0.1, -0.05) is 0 Å². The van der Waals surface area contributed by atoms with E-state index in [1.54, 1.807) is 0 Å². The molecule has 0 aliphatic heterocycles. The summed E-state index contributed by atoms with van der Waals surface area (Å²) in [6.07, 6.45) is 0. The van der Waals surface area contributed by atoms with Crippen LogP contribution in [0.3, 0.4) is 0 Å². The molecule has 0 rings (SSSR count). The Kier molecular flexibility index (Phi) is 6.95. The molecule has 0 amide bonds. The Morgan fingerprint density at radius 1 is 0.700 bits per heavy atom. The molecular weight excluding hydrogens is 140 g/mol. The first-order valence-electron chi connectivity index (χ1n) is 2.68. The van der Waals surface area contributed by atoms with E-state index in [9.17, 15) is 0 Å². The summed E-state index contributed by atoms with van der Waals surface area (Å²) >= 11 is 0. The van der Waals surface area contributed by atoms with Crippen LogP contribution in [0.15, 0.2) is 0 Å². The summed E-state index contributed by atoms with van der Waals surface area (Å²) in [4.78, 5) is 0. The largest absolute Gasteiger partial charge is 0.396 e. The van der Waals surface area contributed by atoms with Crippen molar-refractivity contribution in [3.63, 3.8) is 0 Å². The van der Waals surface area contributed by atoms with Gasteiger partial charge in [0.1, 0.15) is 0 Å². The van der Waals surface area contributed by atoms with E-state index in [4.69, 9.17) is 20.4 Å². The maximum Gasteiger partial charge on any atom is 0.0627 e. The normalized spacial score (nSPS) is 10.8. The van der Waals surface area contributed by atoms with Crippen LogP contribution in [0.2, 0.25) is 0 Å². The van der Waals surface area contributed by atoms with Crippen molar-refractivity contribution in [2.24, 2.45) is 5.41 Å². The molecule has 1 radical (unpaired) electrons. The van der Waals surface area contributed by atoms with Gasteiger partial charge < -0.3 is 20.4 Å². The number of rotatable bonds is 4. The van der Waals surface area contributed by atoms with E-state index in [1.807, 2.05) is 0 Å². The van der Waals surface area contributed by atoms with Gasteiger partial charge in [-0.05, 0) is 0 Å². The Bertz CT molecular complexity index is 52.9. The molecule has 0 aromatic rings. The smallest absolute Gasteiger partial charge is 0.0627 e. The molecule has 0 heterocycles. The van der Waals surface area contributed by atoms with E-state index in [0.29, 0.717) is 0 Å². The van der Waals surface area contributed by atoms with Crippen LogP contribution in [0.1, 0.15) is 0 Å². The summed E-state index contributed by atoms with van der Waals surface area (Å²) in [7, 11) is 0. The van der Waals surface area contributed by atoms with Gasteiger partial charge in [0.2, 0.25) is 0 Å². The van der Waals surface area contributed by atoms with E-state index in [1.165, 1.54) is 0 Å². The minimum absolute atomic E-state index is 0. The molecule has 0 unspecified atom stereocenters. The molecule has 0 fully saturated rings. The van der Waals surface area contributed by atoms with E-state index in [2.05, 4.69) is 0 Å². The van der Waals surface area contributed by atoms with E-state index >= 15 is 0 Å². The second-order valence-corrected chi connectivity index (χ2v) is 2.13. The molecule has 0 aromatic heterocycles. The summed E-state index contributed by atoms with van der Waals surface area (Å²) in [6.45, 7) is -1.62. The van der Waals surface area contributed by atoms with E-state index in [0.717, 1.165) is 0 Å². The SMILES string of the molecule is OCC(CO)(CO)CO.[OH]. The number of aliphatic hydroxyl groups excluding tert-OH is 4. The van der Waals surface area contributed by atoms with Gasteiger partial charge in [0.15, 0.2) is 0 Å². The first-order valence-corrected chi connectivity index (χ1v) is 2.68. The highest BCUT2D eigenvalue weighted by atomic mass is 16.3. The van der Waals surface area contributed by atoms with Crippen molar-refractivity contribution < 1.29 is 25.9 Å². The summed E-state index contributed by atoms with van der Waals surface area (Å²) in [5.74, 6) is 0. The molecule has 0 aliphatic rings. The van der Waals surface area contributed by atoms with Gasteiger partial charge in [-0.25, -0.2) is 0 Å². The van der Waals surface area contributed by atoms with Crippen molar-refractivity contribution in [2.45, 2.75) is 0 Å². The van der Waals surface area contributed by atoms with Crippen LogP contribution in [-0.2, 0) is 0 Å². The van der Waals surface area contributed by atoms with Gasteiger partial charge >= 0.3 is 0 Å². The second kappa shape index (κ2) is 5.57. The van der Waals surface area contributed by atoms with Crippen LogP contribution in [0.4, 0.5) is 0 Å². The summed E-state index contributed by atoms with van der Waals surface area (Å²) in [6, 6.07) is 0. The fourth-order valence-corrected chi connectivity index (χ4v) is 0.300. The molecule has 5 heteroatoms. The molecular formula is C5H13O5. The molecule has 0 spiro atoms. The highest BCUT2D eigenvalue weighted by molar-refractivity contribution is 4.74. The zero-order valence-electron chi connectivity index (χ0n) is 5.56.